The van der Waals surface area contributed by atoms with Crippen LogP contribution in [0.4, 0.5) is 0 Å². The number of rotatable bonds is 2. The SMILES string of the molecule is c1ccc2nc(-c3c4ccccc4c(-c4ncc5ccccc5n4)c4ccccc34)ncc2c1. The van der Waals surface area contributed by atoms with E-state index in [2.05, 4.69) is 48.5 Å². The molecule has 0 radical (unpaired) electrons. The summed E-state index contributed by atoms with van der Waals surface area (Å²) in [7, 11) is 0. The van der Waals surface area contributed by atoms with E-state index < -0.39 is 0 Å². The van der Waals surface area contributed by atoms with Gasteiger partial charge in [-0.15, -0.1) is 0 Å². The minimum atomic E-state index is 0.720. The lowest BCUT2D eigenvalue weighted by Gasteiger charge is -2.16. The average molecular weight is 435 g/mol. The van der Waals surface area contributed by atoms with E-state index in [0.29, 0.717) is 0 Å². The van der Waals surface area contributed by atoms with Crippen LogP contribution in [0, 0.1) is 0 Å². The van der Waals surface area contributed by atoms with Crippen LogP contribution in [-0.2, 0) is 0 Å². The molecule has 0 saturated carbocycles. The lowest BCUT2D eigenvalue weighted by Crippen LogP contribution is -1.97. The van der Waals surface area contributed by atoms with E-state index in [4.69, 9.17) is 19.9 Å². The quantitative estimate of drug-likeness (QED) is 0.270. The van der Waals surface area contributed by atoms with Crippen LogP contribution in [0.15, 0.2) is 109 Å². The zero-order chi connectivity index (χ0) is 22.5. The smallest absolute Gasteiger partial charge is 0.161 e. The average Bonchev–Trinajstić information content (AvgIpc) is 2.91. The van der Waals surface area contributed by atoms with Crippen LogP contribution in [0.1, 0.15) is 0 Å². The standard InChI is InChI=1S/C30H18N4/c1-7-15-25-19(9-1)17-31-29(33-25)27-21-11-3-5-13-23(21)28(24-14-6-4-12-22(24)27)30-32-18-20-10-2-8-16-26(20)34-30/h1-18H. The highest BCUT2D eigenvalue weighted by Gasteiger charge is 2.19. The fraction of sp³-hybridized carbons (Fsp3) is 0. The second-order valence-corrected chi connectivity index (χ2v) is 8.35. The molecular formula is C30H18N4. The Kier molecular flexibility index (Phi) is 4.11. The first-order valence-corrected chi connectivity index (χ1v) is 11.2. The molecule has 2 heterocycles. The summed E-state index contributed by atoms with van der Waals surface area (Å²) in [6, 6.07) is 33.0. The normalized spacial score (nSPS) is 11.5. The first-order valence-electron chi connectivity index (χ1n) is 11.2. The summed E-state index contributed by atoms with van der Waals surface area (Å²) >= 11 is 0. The maximum atomic E-state index is 4.95. The van der Waals surface area contributed by atoms with Gasteiger partial charge in [-0.25, -0.2) is 19.9 Å². The number of para-hydroxylation sites is 2. The third-order valence-electron chi connectivity index (χ3n) is 6.36. The van der Waals surface area contributed by atoms with E-state index in [1.807, 2.05) is 60.9 Å². The largest absolute Gasteiger partial charge is 0.236 e. The van der Waals surface area contributed by atoms with Crippen LogP contribution in [0.2, 0.25) is 0 Å². The number of aromatic nitrogens is 4. The summed E-state index contributed by atoms with van der Waals surface area (Å²) in [6.07, 6.45) is 3.81. The molecule has 7 rings (SSSR count). The zero-order valence-corrected chi connectivity index (χ0v) is 18.2. The van der Waals surface area contributed by atoms with Gasteiger partial charge in [0.05, 0.1) is 11.0 Å². The van der Waals surface area contributed by atoms with Gasteiger partial charge in [0, 0.05) is 34.3 Å². The molecule has 34 heavy (non-hydrogen) atoms. The molecule has 5 aromatic carbocycles. The van der Waals surface area contributed by atoms with Crippen molar-refractivity contribution >= 4 is 43.4 Å². The van der Waals surface area contributed by atoms with Gasteiger partial charge in [0.1, 0.15) is 0 Å². The van der Waals surface area contributed by atoms with Crippen LogP contribution < -0.4 is 0 Å². The summed E-state index contributed by atoms with van der Waals surface area (Å²) in [5.41, 5.74) is 3.92. The van der Waals surface area contributed by atoms with E-state index in [9.17, 15) is 0 Å². The molecule has 0 fully saturated rings. The van der Waals surface area contributed by atoms with Crippen molar-refractivity contribution in [1.29, 1.82) is 0 Å². The van der Waals surface area contributed by atoms with E-state index in [1.165, 1.54) is 0 Å². The van der Waals surface area contributed by atoms with Gasteiger partial charge in [-0.1, -0.05) is 84.9 Å². The first kappa shape index (κ1) is 18.8. The number of hydrogen-bond acceptors (Lipinski definition) is 4. The van der Waals surface area contributed by atoms with Gasteiger partial charge in [0.15, 0.2) is 11.6 Å². The molecule has 0 spiro atoms. The Labute approximate surface area is 195 Å². The minimum absolute atomic E-state index is 0.720. The monoisotopic (exact) mass is 434 g/mol. The lowest BCUT2D eigenvalue weighted by atomic mass is 9.90. The predicted molar refractivity (Wildman–Crippen MR) is 139 cm³/mol. The Morgan fingerprint density at radius 2 is 0.735 bits per heavy atom. The van der Waals surface area contributed by atoms with Crippen LogP contribution in [-0.4, -0.2) is 19.9 Å². The van der Waals surface area contributed by atoms with Crippen molar-refractivity contribution in [3.8, 4) is 22.8 Å². The molecule has 2 aromatic heterocycles. The van der Waals surface area contributed by atoms with Gasteiger partial charge in [0.2, 0.25) is 0 Å². The molecule has 0 aliphatic heterocycles. The summed E-state index contributed by atoms with van der Waals surface area (Å²) in [5.74, 6) is 1.44. The Morgan fingerprint density at radius 1 is 0.382 bits per heavy atom. The Morgan fingerprint density at radius 3 is 1.15 bits per heavy atom. The molecule has 0 unspecified atom stereocenters. The molecular weight excluding hydrogens is 416 g/mol. The van der Waals surface area contributed by atoms with Gasteiger partial charge < -0.3 is 0 Å². The Bertz CT molecular complexity index is 1680. The zero-order valence-electron chi connectivity index (χ0n) is 18.2. The topological polar surface area (TPSA) is 51.6 Å². The number of benzene rings is 5. The van der Waals surface area contributed by atoms with E-state index in [-0.39, 0.29) is 0 Å². The van der Waals surface area contributed by atoms with Gasteiger partial charge in [-0.2, -0.15) is 0 Å². The third-order valence-corrected chi connectivity index (χ3v) is 6.36. The summed E-state index contributed by atoms with van der Waals surface area (Å²) in [4.78, 5) is 19.5. The summed E-state index contributed by atoms with van der Waals surface area (Å²) in [6.45, 7) is 0. The van der Waals surface area contributed by atoms with Gasteiger partial charge in [-0.3, -0.25) is 0 Å². The summed E-state index contributed by atoms with van der Waals surface area (Å²) < 4.78 is 0. The van der Waals surface area contributed by atoms with Gasteiger partial charge in [0.25, 0.3) is 0 Å². The molecule has 0 atom stereocenters. The number of fused-ring (bicyclic) bond motifs is 4. The highest BCUT2D eigenvalue weighted by atomic mass is 14.9. The van der Waals surface area contributed by atoms with Crippen LogP contribution >= 0.6 is 0 Å². The van der Waals surface area contributed by atoms with Crippen molar-refractivity contribution in [3.05, 3.63) is 109 Å². The molecule has 0 aliphatic carbocycles. The Balaban J connectivity index is 1.61. The van der Waals surface area contributed by atoms with Crippen LogP contribution in [0.3, 0.4) is 0 Å². The molecule has 7 aromatic rings. The molecule has 0 aliphatic rings. The van der Waals surface area contributed by atoms with Crippen LogP contribution in [0.5, 0.6) is 0 Å². The molecule has 0 N–H and O–H groups in total. The fourth-order valence-corrected chi connectivity index (χ4v) is 4.80. The van der Waals surface area contributed by atoms with E-state index >= 15 is 0 Å². The van der Waals surface area contributed by atoms with E-state index in [0.717, 1.165) is 66.1 Å². The molecule has 158 valence electrons. The molecule has 0 amide bonds. The third kappa shape index (κ3) is 2.86. The van der Waals surface area contributed by atoms with Crippen molar-refractivity contribution in [2.45, 2.75) is 0 Å². The second kappa shape index (κ2) is 7.42. The lowest BCUT2D eigenvalue weighted by molar-refractivity contribution is 1.23. The van der Waals surface area contributed by atoms with Crippen molar-refractivity contribution in [2.24, 2.45) is 0 Å². The number of hydrogen-bond donors (Lipinski definition) is 0. The van der Waals surface area contributed by atoms with Gasteiger partial charge in [-0.05, 0) is 33.7 Å². The number of nitrogens with zero attached hydrogens (tertiary/aromatic N) is 4. The first-order chi connectivity index (χ1) is 16.9. The minimum Gasteiger partial charge on any atom is -0.236 e. The maximum Gasteiger partial charge on any atom is 0.161 e. The highest BCUT2D eigenvalue weighted by molar-refractivity contribution is 6.20. The van der Waals surface area contributed by atoms with E-state index in [1.54, 1.807) is 0 Å². The molecule has 0 bridgehead atoms. The second-order valence-electron chi connectivity index (χ2n) is 8.35. The van der Waals surface area contributed by atoms with Gasteiger partial charge >= 0.3 is 0 Å². The summed E-state index contributed by atoms with van der Waals surface area (Å²) in [5, 5.41) is 6.40. The molecule has 4 nitrogen and oxygen atoms in total. The predicted octanol–water partition coefficient (Wildman–Crippen LogP) is 7.21. The van der Waals surface area contributed by atoms with Crippen molar-refractivity contribution in [3.63, 3.8) is 0 Å². The van der Waals surface area contributed by atoms with Crippen LogP contribution in [0.25, 0.3) is 66.1 Å². The highest BCUT2D eigenvalue weighted by Crippen LogP contribution is 2.42. The Hall–Kier alpha value is -4.70. The fourth-order valence-electron chi connectivity index (χ4n) is 4.80. The van der Waals surface area contributed by atoms with Crippen molar-refractivity contribution in [2.75, 3.05) is 0 Å². The van der Waals surface area contributed by atoms with Crippen molar-refractivity contribution < 1.29 is 0 Å². The molecule has 0 saturated heterocycles. The van der Waals surface area contributed by atoms with Crippen molar-refractivity contribution in [1.82, 2.24) is 19.9 Å². The molecule has 4 heteroatoms. The maximum absolute atomic E-state index is 4.95.